The highest BCUT2D eigenvalue weighted by atomic mass is 19.1. The standard InChI is InChI=1S/C15H12FNO2/c16-11-4-1-3-10-14-12(17-15(10)11)5-2-6-13(14)19-8-9-7-18-9/h1-6,9,17H,7-8H2/t9-/m1/s1. The van der Waals surface area contributed by atoms with Crippen LogP contribution in [-0.4, -0.2) is 24.3 Å². The van der Waals surface area contributed by atoms with Crippen molar-refractivity contribution in [3.05, 3.63) is 42.2 Å². The van der Waals surface area contributed by atoms with Crippen molar-refractivity contribution < 1.29 is 13.9 Å². The molecule has 1 saturated heterocycles. The monoisotopic (exact) mass is 257 g/mol. The first kappa shape index (κ1) is 10.8. The van der Waals surface area contributed by atoms with Gasteiger partial charge in [0.15, 0.2) is 0 Å². The van der Waals surface area contributed by atoms with E-state index >= 15 is 0 Å². The van der Waals surface area contributed by atoms with E-state index in [2.05, 4.69) is 4.98 Å². The molecule has 4 rings (SSSR count). The van der Waals surface area contributed by atoms with Crippen LogP contribution in [0.5, 0.6) is 5.75 Å². The van der Waals surface area contributed by atoms with Gasteiger partial charge in [0, 0.05) is 10.8 Å². The molecule has 1 N–H and O–H groups in total. The molecule has 1 aliphatic rings. The average Bonchev–Trinajstić information content (AvgIpc) is 3.16. The number of halogens is 1. The molecule has 1 aromatic heterocycles. The van der Waals surface area contributed by atoms with E-state index in [1.807, 2.05) is 24.3 Å². The van der Waals surface area contributed by atoms with Crippen LogP contribution in [0.2, 0.25) is 0 Å². The molecule has 1 atom stereocenters. The third-order valence-electron chi connectivity index (χ3n) is 3.40. The maximum absolute atomic E-state index is 13.8. The molecule has 0 saturated carbocycles. The first-order chi connectivity index (χ1) is 9.33. The molecule has 4 heteroatoms. The third-order valence-corrected chi connectivity index (χ3v) is 3.40. The summed E-state index contributed by atoms with van der Waals surface area (Å²) in [6.07, 6.45) is 0.206. The fraction of sp³-hybridized carbons (Fsp3) is 0.200. The minimum atomic E-state index is -0.245. The molecule has 3 aromatic rings. The molecule has 0 bridgehead atoms. The van der Waals surface area contributed by atoms with Crippen LogP contribution in [-0.2, 0) is 4.74 Å². The first-order valence-electron chi connectivity index (χ1n) is 6.26. The number of rotatable bonds is 3. The summed E-state index contributed by atoms with van der Waals surface area (Å²) in [7, 11) is 0. The summed E-state index contributed by atoms with van der Waals surface area (Å²) in [4.78, 5) is 3.10. The van der Waals surface area contributed by atoms with Gasteiger partial charge in [0.1, 0.15) is 24.3 Å². The van der Waals surface area contributed by atoms with Gasteiger partial charge in [0.2, 0.25) is 0 Å². The fourth-order valence-corrected chi connectivity index (χ4v) is 2.37. The largest absolute Gasteiger partial charge is 0.490 e. The van der Waals surface area contributed by atoms with Crippen LogP contribution in [0.4, 0.5) is 4.39 Å². The van der Waals surface area contributed by atoms with E-state index in [4.69, 9.17) is 9.47 Å². The van der Waals surface area contributed by atoms with Gasteiger partial charge in [-0.1, -0.05) is 18.2 Å². The van der Waals surface area contributed by atoms with Gasteiger partial charge < -0.3 is 14.5 Å². The van der Waals surface area contributed by atoms with Crippen LogP contribution in [0.15, 0.2) is 36.4 Å². The molecule has 1 fully saturated rings. The lowest BCUT2D eigenvalue weighted by Crippen LogP contribution is -2.04. The maximum Gasteiger partial charge on any atom is 0.147 e. The highest BCUT2D eigenvalue weighted by molar-refractivity contribution is 6.10. The molecule has 19 heavy (non-hydrogen) atoms. The Morgan fingerprint density at radius 2 is 2.11 bits per heavy atom. The van der Waals surface area contributed by atoms with Crippen LogP contribution in [0.3, 0.4) is 0 Å². The predicted octanol–water partition coefficient (Wildman–Crippen LogP) is 3.24. The Hall–Kier alpha value is -2.07. The normalized spacial score (nSPS) is 18.1. The van der Waals surface area contributed by atoms with Crippen molar-refractivity contribution in [2.24, 2.45) is 0 Å². The third kappa shape index (κ3) is 1.76. The summed E-state index contributed by atoms with van der Waals surface area (Å²) >= 11 is 0. The van der Waals surface area contributed by atoms with Crippen molar-refractivity contribution in [3.8, 4) is 5.75 Å². The molecule has 2 aromatic carbocycles. The Labute approximate surface area is 108 Å². The molecule has 1 aliphatic heterocycles. The fourth-order valence-electron chi connectivity index (χ4n) is 2.37. The minimum absolute atomic E-state index is 0.206. The number of hydrogen-bond donors (Lipinski definition) is 1. The zero-order valence-corrected chi connectivity index (χ0v) is 10.2. The highest BCUT2D eigenvalue weighted by Crippen LogP contribution is 2.34. The van der Waals surface area contributed by atoms with E-state index in [0.717, 1.165) is 28.6 Å². The summed E-state index contributed by atoms with van der Waals surface area (Å²) < 4.78 is 24.7. The van der Waals surface area contributed by atoms with Gasteiger partial charge in [-0.15, -0.1) is 0 Å². The second-order valence-corrected chi connectivity index (χ2v) is 4.73. The summed E-state index contributed by atoms with van der Waals surface area (Å²) in [5.74, 6) is 0.523. The van der Waals surface area contributed by atoms with Crippen LogP contribution in [0.1, 0.15) is 0 Å². The Morgan fingerprint density at radius 3 is 2.95 bits per heavy atom. The number of aromatic nitrogens is 1. The number of hydrogen-bond acceptors (Lipinski definition) is 2. The number of para-hydroxylation sites is 1. The molecular formula is C15H12FNO2. The van der Waals surface area contributed by atoms with Gasteiger partial charge in [-0.05, 0) is 18.2 Å². The summed E-state index contributed by atoms with van der Waals surface area (Å²) in [6.45, 7) is 1.31. The Bertz CT molecular complexity index is 761. The quantitative estimate of drug-likeness (QED) is 0.731. The van der Waals surface area contributed by atoms with Crippen molar-refractivity contribution >= 4 is 21.8 Å². The number of aromatic amines is 1. The van der Waals surface area contributed by atoms with E-state index in [9.17, 15) is 4.39 Å². The first-order valence-corrected chi connectivity index (χ1v) is 6.26. The highest BCUT2D eigenvalue weighted by Gasteiger charge is 2.23. The second-order valence-electron chi connectivity index (χ2n) is 4.73. The number of ether oxygens (including phenoxy) is 2. The van der Waals surface area contributed by atoms with Crippen molar-refractivity contribution in [3.63, 3.8) is 0 Å². The van der Waals surface area contributed by atoms with E-state index in [1.54, 1.807) is 6.07 Å². The van der Waals surface area contributed by atoms with Crippen LogP contribution < -0.4 is 4.74 Å². The van der Waals surface area contributed by atoms with Gasteiger partial charge >= 0.3 is 0 Å². The molecule has 0 radical (unpaired) electrons. The Kier molecular flexibility index (Phi) is 2.26. The van der Waals surface area contributed by atoms with Gasteiger partial charge in [-0.2, -0.15) is 0 Å². The van der Waals surface area contributed by atoms with Gasteiger partial charge in [-0.25, -0.2) is 4.39 Å². The molecule has 2 heterocycles. The van der Waals surface area contributed by atoms with Crippen LogP contribution in [0.25, 0.3) is 21.8 Å². The molecule has 0 spiro atoms. The van der Waals surface area contributed by atoms with Crippen molar-refractivity contribution in [2.45, 2.75) is 6.10 Å². The maximum atomic E-state index is 13.8. The smallest absolute Gasteiger partial charge is 0.147 e. The molecule has 0 unspecified atom stereocenters. The average molecular weight is 257 g/mol. The SMILES string of the molecule is Fc1cccc2c1[nH]c1cccc(OC[C@H]3CO3)c12. The van der Waals surface area contributed by atoms with E-state index in [0.29, 0.717) is 12.1 Å². The lowest BCUT2D eigenvalue weighted by molar-refractivity contribution is 0.265. The zero-order chi connectivity index (χ0) is 12.8. The Morgan fingerprint density at radius 1 is 1.26 bits per heavy atom. The molecule has 3 nitrogen and oxygen atoms in total. The van der Waals surface area contributed by atoms with Crippen molar-refractivity contribution in [2.75, 3.05) is 13.2 Å². The summed E-state index contributed by atoms with van der Waals surface area (Å²) in [5.41, 5.74) is 1.41. The molecule has 0 amide bonds. The van der Waals surface area contributed by atoms with E-state index < -0.39 is 0 Å². The summed E-state index contributed by atoms with van der Waals surface area (Å²) in [5, 5.41) is 1.78. The zero-order valence-electron chi connectivity index (χ0n) is 10.2. The number of benzene rings is 2. The van der Waals surface area contributed by atoms with Gasteiger partial charge in [0.25, 0.3) is 0 Å². The van der Waals surface area contributed by atoms with Gasteiger partial charge in [-0.3, -0.25) is 0 Å². The lowest BCUT2D eigenvalue weighted by atomic mass is 10.1. The van der Waals surface area contributed by atoms with Crippen molar-refractivity contribution in [1.29, 1.82) is 0 Å². The molecule has 0 aliphatic carbocycles. The lowest BCUT2D eigenvalue weighted by Gasteiger charge is -2.05. The predicted molar refractivity (Wildman–Crippen MR) is 71.0 cm³/mol. The van der Waals surface area contributed by atoms with E-state index in [-0.39, 0.29) is 11.9 Å². The second kappa shape index (κ2) is 3.96. The number of nitrogens with one attached hydrogen (secondary N) is 1. The molecule has 96 valence electrons. The topological polar surface area (TPSA) is 37.5 Å². The molecular weight excluding hydrogens is 245 g/mol. The number of H-pyrrole nitrogens is 1. The number of fused-ring (bicyclic) bond motifs is 3. The van der Waals surface area contributed by atoms with Gasteiger partial charge in [0.05, 0.1) is 17.6 Å². The van der Waals surface area contributed by atoms with Crippen LogP contribution >= 0.6 is 0 Å². The van der Waals surface area contributed by atoms with Crippen LogP contribution in [0, 0.1) is 5.82 Å². The summed E-state index contributed by atoms with van der Waals surface area (Å²) in [6, 6.07) is 10.8. The minimum Gasteiger partial charge on any atom is -0.490 e. The Balaban J connectivity index is 1.91. The van der Waals surface area contributed by atoms with Crippen molar-refractivity contribution in [1.82, 2.24) is 4.98 Å². The number of epoxide rings is 1. The van der Waals surface area contributed by atoms with E-state index in [1.165, 1.54) is 6.07 Å².